The van der Waals surface area contributed by atoms with E-state index in [2.05, 4.69) is 4.90 Å². The Hall–Kier alpha value is -3.06. The maximum absolute atomic E-state index is 12.5. The zero-order valence-electron chi connectivity index (χ0n) is 20.0. The lowest BCUT2D eigenvalue weighted by molar-refractivity contribution is 0.132. The molecular formula is C29H29NO4S. The Morgan fingerprint density at radius 2 is 1.57 bits per heavy atom. The second-order valence-corrected chi connectivity index (χ2v) is 10.3. The molecule has 1 atom stereocenters. The zero-order chi connectivity index (χ0) is 24.0. The van der Waals surface area contributed by atoms with Crippen LogP contribution in [0.15, 0.2) is 60.7 Å². The third-order valence-electron chi connectivity index (χ3n) is 7.27. The van der Waals surface area contributed by atoms with E-state index in [-0.39, 0.29) is 0 Å². The quantitative estimate of drug-likeness (QED) is 0.365. The summed E-state index contributed by atoms with van der Waals surface area (Å²) in [5, 5.41) is 13.5. The zero-order valence-corrected chi connectivity index (χ0v) is 20.9. The van der Waals surface area contributed by atoms with Gasteiger partial charge in [0.2, 0.25) is 0 Å². The molecule has 5 nitrogen and oxygen atoms in total. The monoisotopic (exact) mass is 487 g/mol. The van der Waals surface area contributed by atoms with Gasteiger partial charge < -0.3 is 19.3 Å². The summed E-state index contributed by atoms with van der Waals surface area (Å²) < 4.78 is 18.1. The summed E-state index contributed by atoms with van der Waals surface area (Å²) in [5.41, 5.74) is 2.33. The van der Waals surface area contributed by atoms with E-state index in [1.54, 1.807) is 25.6 Å². The minimum absolute atomic E-state index is 0.671. The summed E-state index contributed by atoms with van der Waals surface area (Å²) >= 11 is 1.69. The first-order valence-electron chi connectivity index (χ1n) is 12.1. The number of ether oxygens (including phenoxy) is 3. The standard InChI is InChI=1S/C29H29NO4S/c1-32-21-9-11-23-25(17-21)29(31,27-24-12-10-22(33-2)18-26(24)35-28(23)27)19-5-7-20(8-6-19)34-16-15-30-13-3-4-14-30/h5-12,17-18,31H,3-4,13-16H2,1-2H3. The molecule has 35 heavy (non-hydrogen) atoms. The van der Waals surface area contributed by atoms with Crippen LogP contribution >= 0.6 is 11.3 Å². The van der Waals surface area contributed by atoms with Crippen LogP contribution in [0.2, 0.25) is 0 Å². The van der Waals surface area contributed by atoms with Crippen LogP contribution in [0.4, 0.5) is 0 Å². The second-order valence-electron chi connectivity index (χ2n) is 9.21. The molecule has 1 fully saturated rings. The summed E-state index contributed by atoms with van der Waals surface area (Å²) in [6.07, 6.45) is 2.57. The fraction of sp³-hybridized carbons (Fsp3) is 0.310. The van der Waals surface area contributed by atoms with Gasteiger partial charge in [-0.05, 0) is 85.6 Å². The molecule has 1 aliphatic heterocycles. The molecule has 3 aromatic carbocycles. The average molecular weight is 488 g/mol. The van der Waals surface area contributed by atoms with E-state index in [0.29, 0.717) is 6.61 Å². The first-order chi connectivity index (χ1) is 17.1. The normalized spacial score (nSPS) is 19.1. The molecule has 1 aromatic heterocycles. The van der Waals surface area contributed by atoms with Crippen molar-refractivity contribution in [2.45, 2.75) is 18.4 Å². The number of hydrogen-bond acceptors (Lipinski definition) is 6. The summed E-state index contributed by atoms with van der Waals surface area (Å²) in [6, 6.07) is 19.9. The third kappa shape index (κ3) is 3.68. The number of benzene rings is 3. The number of methoxy groups -OCH3 is 2. The molecule has 4 aromatic rings. The number of aliphatic hydroxyl groups is 1. The van der Waals surface area contributed by atoms with Crippen molar-refractivity contribution in [1.29, 1.82) is 0 Å². The van der Waals surface area contributed by atoms with E-state index < -0.39 is 5.60 Å². The molecule has 0 spiro atoms. The average Bonchev–Trinajstić information content (AvgIpc) is 3.60. The lowest BCUT2D eigenvalue weighted by Gasteiger charge is -2.27. The third-order valence-corrected chi connectivity index (χ3v) is 8.45. The van der Waals surface area contributed by atoms with Gasteiger partial charge in [0.15, 0.2) is 0 Å². The smallest absolute Gasteiger partial charge is 0.143 e. The van der Waals surface area contributed by atoms with Crippen molar-refractivity contribution < 1.29 is 19.3 Å². The van der Waals surface area contributed by atoms with E-state index in [1.807, 2.05) is 60.7 Å². The van der Waals surface area contributed by atoms with Gasteiger partial charge in [-0.25, -0.2) is 0 Å². The summed E-state index contributed by atoms with van der Waals surface area (Å²) in [4.78, 5) is 3.53. The lowest BCUT2D eigenvalue weighted by Crippen LogP contribution is -2.26. The van der Waals surface area contributed by atoms with Crippen LogP contribution in [0, 0.1) is 0 Å². The number of rotatable bonds is 7. The molecule has 1 saturated heterocycles. The Labute approximate surface area is 209 Å². The molecule has 1 aliphatic carbocycles. The van der Waals surface area contributed by atoms with Crippen LogP contribution in [-0.2, 0) is 5.60 Å². The molecular weight excluding hydrogens is 458 g/mol. The van der Waals surface area contributed by atoms with Crippen molar-refractivity contribution >= 4 is 21.4 Å². The van der Waals surface area contributed by atoms with Crippen molar-refractivity contribution in [2.24, 2.45) is 0 Å². The number of nitrogens with zero attached hydrogens (tertiary/aromatic N) is 1. The maximum atomic E-state index is 12.5. The van der Waals surface area contributed by atoms with Crippen LogP contribution in [0.1, 0.15) is 29.5 Å². The molecule has 0 saturated carbocycles. The van der Waals surface area contributed by atoms with Gasteiger partial charge in [-0.2, -0.15) is 0 Å². The largest absolute Gasteiger partial charge is 0.497 e. The molecule has 1 N–H and O–H groups in total. The second kappa shape index (κ2) is 8.86. The van der Waals surface area contributed by atoms with Crippen molar-refractivity contribution in [1.82, 2.24) is 4.90 Å². The van der Waals surface area contributed by atoms with Gasteiger partial charge in [0, 0.05) is 32.6 Å². The summed E-state index contributed by atoms with van der Waals surface area (Å²) in [7, 11) is 3.33. The van der Waals surface area contributed by atoms with Gasteiger partial charge in [0.1, 0.15) is 29.5 Å². The van der Waals surface area contributed by atoms with Gasteiger partial charge in [0.05, 0.1) is 14.2 Å². The summed E-state index contributed by atoms with van der Waals surface area (Å²) in [5.74, 6) is 2.36. The van der Waals surface area contributed by atoms with Crippen LogP contribution in [-0.4, -0.2) is 50.5 Å². The Balaban J connectivity index is 1.39. The van der Waals surface area contributed by atoms with E-state index >= 15 is 0 Å². The lowest BCUT2D eigenvalue weighted by atomic mass is 9.83. The van der Waals surface area contributed by atoms with E-state index in [0.717, 1.165) is 61.0 Å². The highest BCUT2D eigenvalue weighted by Gasteiger charge is 2.46. The fourth-order valence-electron chi connectivity index (χ4n) is 5.43. The highest BCUT2D eigenvalue weighted by molar-refractivity contribution is 7.22. The number of likely N-dealkylation sites (tertiary alicyclic amines) is 1. The highest BCUT2D eigenvalue weighted by Crippen LogP contribution is 2.57. The Morgan fingerprint density at radius 1 is 0.886 bits per heavy atom. The molecule has 0 bridgehead atoms. The Bertz CT molecular complexity index is 1370. The molecule has 180 valence electrons. The summed E-state index contributed by atoms with van der Waals surface area (Å²) in [6.45, 7) is 3.96. The van der Waals surface area contributed by atoms with Crippen LogP contribution in [0.5, 0.6) is 17.2 Å². The number of thiophene rings is 1. The number of fused-ring (bicyclic) bond motifs is 5. The first-order valence-corrected chi connectivity index (χ1v) is 12.9. The van der Waals surface area contributed by atoms with Crippen molar-refractivity contribution in [3.8, 4) is 27.7 Å². The van der Waals surface area contributed by atoms with Crippen LogP contribution < -0.4 is 14.2 Å². The van der Waals surface area contributed by atoms with Crippen molar-refractivity contribution in [2.75, 3.05) is 40.5 Å². The first kappa shape index (κ1) is 22.4. The van der Waals surface area contributed by atoms with Gasteiger partial charge in [-0.3, -0.25) is 4.90 Å². The minimum Gasteiger partial charge on any atom is -0.497 e. The number of hydrogen-bond donors (Lipinski definition) is 1. The molecule has 2 aliphatic rings. The van der Waals surface area contributed by atoms with Gasteiger partial charge in [-0.1, -0.05) is 12.1 Å². The molecule has 1 unspecified atom stereocenters. The van der Waals surface area contributed by atoms with Gasteiger partial charge in [0.25, 0.3) is 0 Å². The molecule has 2 heterocycles. The van der Waals surface area contributed by atoms with Crippen LogP contribution in [0.3, 0.4) is 0 Å². The highest BCUT2D eigenvalue weighted by atomic mass is 32.1. The molecule has 6 heteroatoms. The predicted octanol–water partition coefficient (Wildman–Crippen LogP) is 5.66. The fourth-order valence-corrected chi connectivity index (χ4v) is 6.75. The van der Waals surface area contributed by atoms with E-state index in [9.17, 15) is 5.11 Å². The molecule has 0 amide bonds. The van der Waals surface area contributed by atoms with E-state index in [4.69, 9.17) is 14.2 Å². The SMILES string of the molecule is COc1ccc2c(c1)C(O)(c1ccc(OCCN3CCCC3)cc1)c1c-2sc2cc(OC)ccc12. The minimum atomic E-state index is -1.29. The van der Waals surface area contributed by atoms with E-state index in [1.165, 1.54) is 25.9 Å². The molecule has 6 rings (SSSR count). The Kier molecular flexibility index (Phi) is 5.67. The van der Waals surface area contributed by atoms with Crippen molar-refractivity contribution in [3.63, 3.8) is 0 Å². The topological polar surface area (TPSA) is 51.2 Å². The predicted molar refractivity (Wildman–Crippen MR) is 140 cm³/mol. The van der Waals surface area contributed by atoms with Crippen LogP contribution in [0.25, 0.3) is 20.5 Å². The van der Waals surface area contributed by atoms with Gasteiger partial charge >= 0.3 is 0 Å². The maximum Gasteiger partial charge on any atom is 0.143 e. The van der Waals surface area contributed by atoms with Crippen molar-refractivity contribution in [3.05, 3.63) is 77.4 Å². The Morgan fingerprint density at radius 3 is 2.31 bits per heavy atom. The molecule has 0 radical (unpaired) electrons. The van der Waals surface area contributed by atoms with Gasteiger partial charge in [-0.15, -0.1) is 11.3 Å².